The summed E-state index contributed by atoms with van der Waals surface area (Å²) in [4.78, 5) is 53.9. The predicted molar refractivity (Wildman–Crippen MR) is 207 cm³/mol. The van der Waals surface area contributed by atoms with E-state index in [0.717, 1.165) is 18.3 Å². The molecule has 1 aliphatic rings. The highest BCUT2D eigenvalue weighted by Crippen LogP contribution is 2.37. The molecule has 3 aromatic rings. The Morgan fingerprint density at radius 1 is 0.830 bits per heavy atom. The maximum absolute atomic E-state index is 12.9. The number of carbonyl (C=O) groups excluding carboxylic acids is 4. The Hall–Kier alpha value is -2.14. The second kappa shape index (κ2) is 18.0. The minimum atomic E-state index is -0.952. The molecular formula is C32H31I4N3O8. The second-order valence-electron chi connectivity index (χ2n) is 10.5. The van der Waals surface area contributed by atoms with E-state index in [9.17, 15) is 24.3 Å². The molecule has 3 amide bonds. The Kier molecular flexibility index (Phi) is 14.4. The standard InChI is InChI=1S/C32H31I4N3O8/c1-45-31(43)26(15-20-13-24(35)30(25(36)14-20)47-21-16-22(33)29(42)23(34)17-21)37-27(40)7-8-28(41)38-9-11-39(12-10-38)32(44)46-18-19-5-3-2-4-6-19/h2-6,13-14,16-17,26,42H,7-12,15,18H2,1H3,(H,37,40). The van der Waals surface area contributed by atoms with E-state index in [4.69, 9.17) is 14.2 Å². The van der Waals surface area contributed by atoms with Crippen molar-refractivity contribution >= 4 is 114 Å². The fourth-order valence-corrected chi connectivity index (χ4v) is 8.54. The van der Waals surface area contributed by atoms with Crippen LogP contribution in [0.25, 0.3) is 0 Å². The van der Waals surface area contributed by atoms with Crippen LogP contribution < -0.4 is 10.1 Å². The molecule has 3 aromatic carbocycles. The highest BCUT2D eigenvalue weighted by Gasteiger charge is 2.27. The van der Waals surface area contributed by atoms with Gasteiger partial charge in [-0.3, -0.25) is 9.59 Å². The van der Waals surface area contributed by atoms with Gasteiger partial charge in [0.1, 0.15) is 24.1 Å². The van der Waals surface area contributed by atoms with Crippen LogP contribution in [-0.4, -0.2) is 78.1 Å². The molecule has 0 aliphatic carbocycles. The third-order valence-corrected chi connectivity index (χ3v) is 10.4. The molecule has 4 rings (SSSR count). The Bertz CT molecular complexity index is 1570. The van der Waals surface area contributed by atoms with Crippen molar-refractivity contribution in [3.05, 3.63) is 80.0 Å². The molecular weight excluding hydrogens is 1060 g/mol. The number of halogens is 4. The lowest BCUT2D eigenvalue weighted by Crippen LogP contribution is -2.51. The monoisotopic (exact) mass is 1090 g/mol. The summed E-state index contributed by atoms with van der Waals surface area (Å²) in [7, 11) is 1.26. The molecule has 0 bridgehead atoms. The number of phenolic OH excluding ortho intramolecular Hbond substituents is 1. The van der Waals surface area contributed by atoms with Gasteiger partial charge in [0.05, 0.1) is 21.4 Å². The van der Waals surface area contributed by atoms with E-state index in [1.54, 1.807) is 21.9 Å². The van der Waals surface area contributed by atoms with Gasteiger partial charge in [-0.1, -0.05) is 30.3 Å². The third-order valence-electron chi connectivity index (χ3n) is 7.19. The van der Waals surface area contributed by atoms with Gasteiger partial charge in [0, 0.05) is 45.4 Å². The molecule has 0 radical (unpaired) electrons. The van der Waals surface area contributed by atoms with Crippen LogP contribution >= 0.6 is 90.4 Å². The first-order valence-electron chi connectivity index (χ1n) is 14.4. The molecule has 250 valence electrons. The van der Waals surface area contributed by atoms with E-state index in [1.807, 2.05) is 87.6 Å². The number of hydrogen-bond donors (Lipinski definition) is 2. The fourth-order valence-electron chi connectivity index (χ4n) is 4.71. The van der Waals surface area contributed by atoms with Crippen molar-refractivity contribution in [2.24, 2.45) is 0 Å². The first-order valence-corrected chi connectivity index (χ1v) is 18.7. The summed E-state index contributed by atoms with van der Waals surface area (Å²) >= 11 is 8.40. The first kappa shape index (κ1) is 37.7. The van der Waals surface area contributed by atoms with E-state index in [0.29, 0.717) is 44.8 Å². The summed E-state index contributed by atoms with van der Waals surface area (Å²) in [5, 5.41) is 12.8. The number of amides is 3. The minimum Gasteiger partial charge on any atom is -0.506 e. The van der Waals surface area contributed by atoms with Gasteiger partial charge in [0.25, 0.3) is 0 Å². The molecule has 1 heterocycles. The molecule has 11 nitrogen and oxygen atoms in total. The van der Waals surface area contributed by atoms with Crippen molar-refractivity contribution in [1.82, 2.24) is 15.1 Å². The lowest BCUT2D eigenvalue weighted by Gasteiger charge is -2.34. The normalized spacial score (nSPS) is 13.5. The molecule has 1 atom stereocenters. The van der Waals surface area contributed by atoms with Gasteiger partial charge in [-0.15, -0.1) is 0 Å². The molecule has 1 saturated heterocycles. The van der Waals surface area contributed by atoms with Crippen LogP contribution in [0.4, 0.5) is 4.79 Å². The number of benzene rings is 3. The number of nitrogens with zero attached hydrogens (tertiary/aromatic N) is 2. The maximum atomic E-state index is 12.9. The number of carbonyl (C=O) groups is 4. The quantitative estimate of drug-likeness (QED) is 0.175. The zero-order valence-corrected chi connectivity index (χ0v) is 33.8. The van der Waals surface area contributed by atoms with E-state index in [-0.39, 0.29) is 37.5 Å². The van der Waals surface area contributed by atoms with E-state index in [2.05, 4.69) is 50.5 Å². The smallest absolute Gasteiger partial charge is 0.410 e. The van der Waals surface area contributed by atoms with Gasteiger partial charge < -0.3 is 34.4 Å². The highest BCUT2D eigenvalue weighted by molar-refractivity contribution is 14.1. The zero-order chi connectivity index (χ0) is 34.1. The van der Waals surface area contributed by atoms with Crippen LogP contribution in [0.1, 0.15) is 24.0 Å². The Balaban J connectivity index is 1.27. The summed E-state index contributed by atoms with van der Waals surface area (Å²) in [5.74, 6) is 0.170. The number of nitrogens with one attached hydrogen (secondary N) is 1. The van der Waals surface area contributed by atoms with Gasteiger partial charge in [-0.05, 0) is 126 Å². The Labute approximate surface area is 327 Å². The average molecular weight is 1090 g/mol. The molecule has 1 fully saturated rings. The minimum absolute atomic E-state index is 0.0326. The number of aromatic hydroxyl groups is 1. The van der Waals surface area contributed by atoms with E-state index >= 15 is 0 Å². The van der Waals surface area contributed by atoms with Crippen LogP contribution in [0.3, 0.4) is 0 Å². The number of piperazine rings is 1. The predicted octanol–water partition coefficient (Wildman–Crippen LogP) is 6.06. The largest absolute Gasteiger partial charge is 0.506 e. The number of rotatable bonds is 11. The summed E-state index contributed by atoms with van der Waals surface area (Å²) in [6.07, 6.45) is -0.384. The first-order chi connectivity index (χ1) is 22.4. The van der Waals surface area contributed by atoms with Gasteiger partial charge in [0.2, 0.25) is 11.8 Å². The average Bonchev–Trinajstić information content (AvgIpc) is 3.06. The fraction of sp³-hybridized carbons (Fsp3) is 0.312. The summed E-state index contributed by atoms with van der Waals surface area (Å²) < 4.78 is 19.4. The van der Waals surface area contributed by atoms with Crippen molar-refractivity contribution < 1.29 is 38.5 Å². The van der Waals surface area contributed by atoms with Crippen molar-refractivity contribution in [1.29, 1.82) is 0 Å². The molecule has 0 aromatic heterocycles. The summed E-state index contributed by atoms with van der Waals surface area (Å²) in [6.45, 7) is 1.54. The number of methoxy groups -OCH3 is 1. The SMILES string of the molecule is COC(=O)C(Cc1cc(I)c(Oc2cc(I)c(O)c(I)c2)c(I)c1)NC(=O)CCC(=O)N1CCN(C(=O)OCc2ccccc2)CC1. The molecule has 47 heavy (non-hydrogen) atoms. The van der Waals surface area contributed by atoms with Gasteiger partial charge in [0.15, 0.2) is 5.75 Å². The van der Waals surface area contributed by atoms with Crippen LogP contribution in [0.15, 0.2) is 54.6 Å². The van der Waals surface area contributed by atoms with Crippen molar-refractivity contribution in [3.8, 4) is 17.2 Å². The molecule has 15 heteroatoms. The number of phenols is 1. The molecule has 2 N–H and O–H groups in total. The summed E-state index contributed by atoms with van der Waals surface area (Å²) in [6, 6.07) is 15.7. The van der Waals surface area contributed by atoms with Gasteiger partial charge in [-0.2, -0.15) is 0 Å². The third kappa shape index (κ3) is 10.9. The van der Waals surface area contributed by atoms with E-state index in [1.165, 1.54) is 7.11 Å². The number of ether oxygens (including phenoxy) is 3. The highest BCUT2D eigenvalue weighted by atomic mass is 127. The molecule has 0 spiro atoms. The number of esters is 1. The van der Waals surface area contributed by atoms with Crippen LogP contribution in [0.5, 0.6) is 17.2 Å². The van der Waals surface area contributed by atoms with Crippen molar-refractivity contribution in [2.75, 3.05) is 33.3 Å². The Morgan fingerprint density at radius 2 is 1.43 bits per heavy atom. The lowest BCUT2D eigenvalue weighted by atomic mass is 10.1. The van der Waals surface area contributed by atoms with Gasteiger partial charge >= 0.3 is 12.1 Å². The Morgan fingerprint density at radius 3 is 2.02 bits per heavy atom. The molecule has 0 saturated carbocycles. The topological polar surface area (TPSA) is 135 Å². The van der Waals surface area contributed by atoms with Crippen LogP contribution in [0.2, 0.25) is 0 Å². The lowest BCUT2D eigenvalue weighted by molar-refractivity contribution is -0.145. The van der Waals surface area contributed by atoms with Gasteiger partial charge in [-0.25, -0.2) is 9.59 Å². The summed E-state index contributed by atoms with van der Waals surface area (Å²) in [5.41, 5.74) is 1.68. The van der Waals surface area contributed by atoms with E-state index < -0.39 is 24.0 Å². The van der Waals surface area contributed by atoms with Crippen LogP contribution in [0, 0.1) is 14.3 Å². The second-order valence-corrected chi connectivity index (χ2v) is 15.1. The molecule has 1 aliphatic heterocycles. The molecule has 1 unspecified atom stereocenters. The zero-order valence-electron chi connectivity index (χ0n) is 25.1. The maximum Gasteiger partial charge on any atom is 0.410 e. The van der Waals surface area contributed by atoms with Crippen molar-refractivity contribution in [2.45, 2.75) is 31.9 Å². The van der Waals surface area contributed by atoms with Crippen molar-refractivity contribution in [3.63, 3.8) is 0 Å². The number of hydrogen-bond acceptors (Lipinski definition) is 8. The van der Waals surface area contributed by atoms with Crippen LogP contribution in [-0.2, 0) is 36.9 Å².